The molecule has 0 spiro atoms. The normalized spacial score (nSPS) is 11.4. The Morgan fingerprint density at radius 1 is 0.257 bits per heavy atom. The summed E-state index contributed by atoms with van der Waals surface area (Å²) in [5.74, 6) is 0. The van der Waals surface area contributed by atoms with Crippen molar-refractivity contribution in [3.8, 4) is 61.3 Å². The second kappa shape index (κ2) is 17.4. The van der Waals surface area contributed by atoms with E-state index in [0.29, 0.717) is 0 Å². The molecule has 12 aromatic carbocycles. The van der Waals surface area contributed by atoms with Crippen LogP contribution in [-0.2, 0) is 0 Å². The number of hydrogen-bond donors (Lipinski definition) is 0. The minimum atomic E-state index is 1.08. The Labute approximate surface area is 408 Å². The van der Waals surface area contributed by atoms with Crippen molar-refractivity contribution >= 4 is 60.4 Å². The highest BCUT2D eigenvalue weighted by atomic mass is 15.1. The van der Waals surface area contributed by atoms with E-state index in [1.807, 2.05) is 0 Å². The highest BCUT2D eigenvalue weighted by Crippen LogP contribution is 2.44. The second-order valence-corrected chi connectivity index (χ2v) is 18.1. The maximum Gasteiger partial charge on any atom is 0.0619 e. The van der Waals surface area contributed by atoms with Crippen molar-refractivity contribution in [3.63, 3.8) is 0 Å². The molecule has 0 saturated heterocycles. The van der Waals surface area contributed by atoms with E-state index >= 15 is 0 Å². The van der Waals surface area contributed by atoms with Gasteiger partial charge < -0.3 is 9.47 Å². The Balaban J connectivity index is 0.919. The molecule has 0 unspecified atom stereocenters. The third-order valence-electron chi connectivity index (χ3n) is 14.0. The summed E-state index contributed by atoms with van der Waals surface area (Å²) < 4.78 is 2.45. The van der Waals surface area contributed by atoms with Crippen molar-refractivity contribution in [2.45, 2.75) is 0 Å². The molecule has 0 saturated carbocycles. The summed E-state index contributed by atoms with van der Waals surface area (Å²) in [6, 6.07) is 102. The summed E-state index contributed by atoms with van der Waals surface area (Å²) in [6.07, 6.45) is 0. The summed E-state index contributed by atoms with van der Waals surface area (Å²) in [4.78, 5) is 2.39. The Hall–Kier alpha value is -9.24. The number of aromatic nitrogens is 1. The molecule has 1 aromatic heterocycles. The average molecular weight is 891 g/mol. The number of fused-ring (bicyclic) bond motifs is 6. The average Bonchev–Trinajstić information content (AvgIpc) is 3.79. The quantitative estimate of drug-likeness (QED) is 0.140. The molecule has 0 amide bonds. The van der Waals surface area contributed by atoms with E-state index in [1.54, 1.807) is 0 Å². The molecule has 13 rings (SSSR count). The van der Waals surface area contributed by atoms with Gasteiger partial charge in [-0.05, 0) is 132 Å². The van der Waals surface area contributed by atoms with Crippen LogP contribution in [0.15, 0.2) is 279 Å². The monoisotopic (exact) mass is 890 g/mol. The lowest BCUT2D eigenvalue weighted by Gasteiger charge is -2.26. The third-order valence-corrected chi connectivity index (χ3v) is 14.0. The van der Waals surface area contributed by atoms with Crippen LogP contribution in [0.4, 0.5) is 17.1 Å². The molecule has 2 nitrogen and oxygen atoms in total. The van der Waals surface area contributed by atoms with Gasteiger partial charge in [-0.25, -0.2) is 0 Å². The van der Waals surface area contributed by atoms with E-state index in [-0.39, 0.29) is 0 Å². The fourth-order valence-corrected chi connectivity index (χ4v) is 10.6. The highest BCUT2D eigenvalue weighted by molar-refractivity contribution is 6.22. The number of nitrogens with zero attached hydrogens (tertiary/aromatic N) is 2. The molecule has 13 aromatic rings. The van der Waals surface area contributed by atoms with Crippen LogP contribution in [0.3, 0.4) is 0 Å². The molecule has 0 fully saturated rings. The van der Waals surface area contributed by atoms with Crippen LogP contribution in [-0.4, -0.2) is 4.57 Å². The topological polar surface area (TPSA) is 8.17 Å². The standard InChI is InChI=1S/C68H46N2/c1-3-15-47(16-4-1)54-20-11-21-55(45-54)50-37-42-59(43-38-50)69(58-40-35-49(36-41-58)48-31-33-53(34-32-48)62-28-13-19-51-17-7-9-26-61(51)62)60-25-12-22-56(46-60)63-29-14-30-66-67(63)65-44-39-52-18-8-10-27-64(52)68(65)70(66)57-23-5-2-6-24-57/h1-46H. The van der Waals surface area contributed by atoms with Crippen LogP contribution >= 0.6 is 0 Å². The summed E-state index contributed by atoms with van der Waals surface area (Å²) >= 11 is 0. The Morgan fingerprint density at radius 3 is 1.46 bits per heavy atom. The summed E-state index contributed by atoms with van der Waals surface area (Å²) in [5.41, 5.74) is 18.8. The van der Waals surface area contributed by atoms with Gasteiger partial charge in [0.1, 0.15) is 0 Å². The van der Waals surface area contributed by atoms with Crippen molar-refractivity contribution in [1.82, 2.24) is 4.57 Å². The molecule has 0 bridgehead atoms. The SMILES string of the molecule is c1ccc(-c2cccc(-c3ccc(N(c4ccc(-c5ccc(-c6cccc7ccccc67)cc5)cc4)c4cccc(-c5cccc6c5c5ccc7ccccc7c5n6-c5ccccc5)c4)cc3)c2)cc1. The number of hydrogen-bond acceptors (Lipinski definition) is 1. The molecule has 328 valence electrons. The first-order chi connectivity index (χ1) is 34.7. The maximum absolute atomic E-state index is 2.45. The van der Waals surface area contributed by atoms with Gasteiger partial charge in [-0.1, -0.05) is 218 Å². The van der Waals surface area contributed by atoms with E-state index in [2.05, 4.69) is 289 Å². The van der Waals surface area contributed by atoms with E-state index in [4.69, 9.17) is 0 Å². The first-order valence-electron chi connectivity index (χ1n) is 24.1. The predicted octanol–water partition coefficient (Wildman–Crippen LogP) is 18.9. The van der Waals surface area contributed by atoms with Gasteiger partial charge in [0, 0.05) is 38.9 Å². The smallest absolute Gasteiger partial charge is 0.0619 e. The minimum absolute atomic E-state index is 1.08. The molecule has 1 heterocycles. The first kappa shape index (κ1) is 41.0. The molecule has 0 atom stereocenters. The molecule has 2 heteroatoms. The van der Waals surface area contributed by atoms with Gasteiger partial charge in [-0.15, -0.1) is 0 Å². The van der Waals surface area contributed by atoms with Gasteiger partial charge in [-0.2, -0.15) is 0 Å². The van der Waals surface area contributed by atoms with Gasteiger partial charge in [-0.3, -0.25) is 0 Å². The minimum Gasteiger partial charge on any atom is -0.310 e. The van der Waals surface area contributed by atoms with Crippen molar-refractivity contribution in [1.29, 1.82) is 0 Å². The lowest BCUT2D eigenvalue weighted by Crippen LogP contribution is -2.10. The van der Waals surface area contributed by atoms with Crippen LogP contribution in [0.2, 0.25) is 0 Å². The zero-order chi connectivity index (χ0) is 46.4. The molecule has 70 heavy (non-hydrogen) atoms. The molecule has 0 aliphatic heterocycles. The maximum atomic E-state index is 2.45. The first-order valence-corrected chi connectivity index (χ1v) is 24.1. The predicted molar refractivity (Wildman–Crippen MR) is 298 cm³/mol. The molecule has 0 N–H and O–H groups in total. The number of benzene rings is 12. The van der Waals surface area contributed by atoms with Crippen molar-refractivity contribution in [2.75, 3.05) is 4.90 Å². The number of rotatable bonds is 9. The Kier molecular flexibility index (Phi) is 10.2. The van der Waals surface area contributed by atoms with E-state index in [1.165, 1.54) is 93.4 Å². The third kappa shape index (κ3) is 7.31. The Morgan fingerprint density at radius 2 is 0.743 bits per heavy atom. The fourth-order valence-electron chi connectivity index (χ4n) is 10.6. The largest absolute Gasteiger partial charge is 0.310 e. The summed E-state index contributed by atoms with van der Waals surface area (Å²) in [5, 5.41) is 7.47. The van der Waals surface area contributed by atoms with Crippen LogP contribution in [0, 0.1) is 0 Å². The highest BCUT2D eigenvalue weighted by Gasteiger charge is 2.20. The Bertz CT molecular complexity index is 4010. The second-order valence-electron chi connectivity index (χ2n) is 18.1. The van der Waals surface area contributed by atoms with E-state index < -0.39 is 0 Å². The molecule has 0 radical (unpaired) electrons. The van der Waals surface area contributed by atoms with Crippen molar-refractivity contribution < 1.29 is 0 Å². The van der Waals surface area contributed by atoms with E-state index in [9.17, 15) is 0 Å². The molecular weight excluding hydrogens is 845 g/mol. The lowest BCUT2D eigenvalue weighted by molar-refractivity contribution is 1.19. The van der Waals surface area contributed by atoms with Gasteiger partial charge >= 0.3 is 0 Å². The molecule has 0 aliphatic carbocycles. The fraction of sp³-hybridized carbons (Fsp3) is 0. The molecular formula is C68H46N2. The van der Waals surface area contributed by atoms with Gasteiger partial charge in [0.05, 0.1) is 11.0 Å². The van der Waals surface area contributed by atoms with Crippen LogP contribution in [0.25, 0.3) is 105 Å². The van der Waals surface area contributed by atoms with Gasteiger partial charge in [0.25, 0.3) is 0 Å². The summed E-state index contributed by atoms with van der Waals surface area (Å²) in [6.45, 7) is 0. The van der Waals surface area contributed by atoms with Crippen molar-refractivity contribution in [3.05, 3.63) is 279 Å². The zero-order valence-corrected chi connectivity index (χ0v) is 38.5. The van der Waals surface area contributed by atoms with Crippen LogP contribution < -0.4 is 4.90 Å². The summed E-state index contributed by atoms with van der Waals surface area (Å²) in [7, 11) is 0. The number of anilines is 3. The van der Waals surface area contributed by atoms with Crippen LogP contribution in [0.5, 0.6) is 0 Å². The van der Waals surface area contributed by atoms with E-state index in [0.717, 1.165) is 28.3 Å². The van der Waals surface area contributed by atoms with Gasteiger partial charge in [0.15, 0.2) is 0 Å². The lowest BCUT2D eigenvalue weighted by atomic mass is 9.96. The van der Waals surface area contributed by atoms with Crippen molar-refractivity contribution in [2.24, 2.45) is 0 Å². The number of para-hydroxylation sites is 1. The van der Waals surface area contributed by atoms with Crippen LogP contribution in [0.1, 0.15) is 0 Å². The zero-order valence-electron chi connectivity index (χ0n) is 38.5. The van der Waals surface area contributed by atoms with Gasteiger partial charge in [0.2, 0.25) is 0 Å². The molecule has 0 aliphatic rings.